The standard InChI is InChI=1S/C14H17BrO3/c1-4-10-6-11(13(15)9(3)16)8-12(7-10)14(17)18-5-2/h6-8,13H,4-5H2,1-3H3. The van der Waals surface area contributed by atoms with Crippen molar-refractivity contribution in [2.45, 2.75) is 32.0 Å². The van der Waals surface area contributed by atoms with E-state index in [1.165, 1.54) is 6.92 Å². The number of benzene rings is 1. The summed E-state index contributed by atoms with van der Waals surface area (Å²) in [6.45, 7) is 5.63. The number of alkyl halides is 1. The molecule has 1 aromatic carbocycles. The maximum Gasteiger partial charge on any atom is 0.338 e. The lowest BCUT2D eigenvalue weighted by molar-refractivity contribution is -0.116. The van der Waals surface area contributed by atoms with Gasteiger partial charge in [0, 0.05) is 0 Å². The Balaban J connectivity index is 3.16. The summed E-state index contributed by atoms with van der Waals surface area (Å²) >= 11 is 3.33. The first kappa shape index (κ1) is 14.9. The predicted octanol–water partition coefficient (Wildman–Crippen LogP) is 3.45. The zero-order chi connectivity index (χ0) is 13.7. The van der Waals surface area contributed by atoms with Gasteiger partial charge < -0.3 is 4.74 Å². The highest BCUT2D eigenvalue weighted by Gasteiger charge is 2.16. The molecule has 1 rings (SSSR count). The van der Waals surface area contributed by atoms with Crippen LogP contribution in [0.4, 0.5) is 0 Å². The minimum absolute atomic E-state index is 0.0121. The molecule has 0 N–H and O–H groups in total. The van der Waals surface area contributed by atoms with Crippen LogP contribution < -0.4 is 0 Å². The average Bonchev–Trinajstić information content (AvgIpc) is 2.37. The van der Waals surface area contributed by atoms with Crippen molar-refractivity contribution >= 4 is 27.7 Å². The second kappa shape index (κ2) is 6.69. The lowest BCUT2D eigenvalue weighted by atomic mass is 10.0. The van der Waals surface area contributed by atoms with Crippen LogP contribution >= 0.6 is 15.9 Å². The molecule has 0 aliphatic carbocycles. The Kier molecular flexibility index (Phi) is 5.54. The summed E-state index contributed by atoms with van der Waals surface area (Å²) in [5.41, 5.74) is 2.31. The molecule has 1 aromatic rings. The van der Waals surface area contributed by atoms with Crippen molar-refractivity contribution in [1.82, 2.24) is 0 Å². The van der Waals surface area contributed by atoms with Crippen LogP contribution in [-0.2, 0) is 16.0 Å². The monoisotopic (exact) mass is 312 g/mol. The van der Waals surface area contributed by atoms with E-state index in [1.54, 1.807) is 19.1 Å². The maximum atomic E-state index is 11.7. The molecule has 0 spiro atoms. The fraction of sp³-hybridized carbons (Fsp3) is 0.429. The van der Waals surface area contributed by atoms with Gasteiger partial charge in [-0.3, -0.25) is 4.79 Å². The van der Waals surface area contributed by atoms with Crippen molar-refractivity contribution in [3.8, 4) is 0 Å². The van der Waals surface area contributed by atoms with Gasteiger partial charge >= 0.3 is 5.97 Å². The zero-order valence-electron chi connectivity index (χ0n) is 10.8. The number of Topliss-reactive ketones (excluding diaryl/α,β-unsaturated/α-hetero) is 1. The highest BCUT2D eigenvalue weighted by atomic mass is 79.9. The summed E-state index contributed by atoms with van der Waals surface area (Å²) in [5, 5.41) is 0. The van der Waals surface area contributed by atoms with Crippen LogP contribution in [-0.4, -0.2) is 18.4 Å². The molecule has 0 aliphatic heterocycles. The molecule has 98 valence electrons. The highest BCUT2D eigenvalue weighted by molar-refractivity contribution is 9.09. The molecule has 3 nitrogen and oxygen atoms in total. The normalized spacial score (nSPS) is 12.0. The maximum absolute atomic E-state index is 11.7. The van der Waals surface area contributed by atoms with Crippen LogP contribution in [0.2, 0.25) is 0 Å². The predicted molar refractivity (Wildman–Crippen MR) is 74.1 cm³/mol. The first-order valence-corrected chi connectivity index (χ1v) is 6.86. The summed E-state index contributed by atoms with van der Waals surface area (Å²) in [4.78, 5) is 22.7. The Bertz CT molecular complexity index is 454. The number of hydrogen-bond acceptors (Lipinski definition) is 3. The SMILES string of the molecule is CCOC(=O)c1cc(CC)cc(C(Br)C(C)=O)c1. The van der Waals surface area contributed by atoms with Crippen molar-refractivity contribution < 1.29 is 14.3 Å². The third-order valence-corrected chi connectivity index (χ3v) is 3.76. The fourth-order valence-electron chi connectivity index (χ4n) is 1.64. The van der Waals surface area contributed by atoms with Crippen LogP contribution in [0.1, 0.15) is 47.1 Å². The van der Waals surface area contributed by atoms with E-state index in [4.69, 9.17) is 4.74 Å². The van der Waals surface area contributed by atoms with Gasteiger partial charge in [0.15, 0.2) is 0 Å². The van der Waals surface area contributed by atoms with Gasteiger partial charge in [-0.1, -0.05) is 28.9 Å². The number of ether oxygens (including phenoxy) is 1. The lowest BCUT2D eigenvalue weighted by Gasteiger charge is -2.11. The van der Waals surface area contributed by atoms with Crippen molar-refractivity contribution in [3.63, 3.8) is 0 Å². The van der Waals surface area contributed by atoms with E-state index in [-0.39, 0.29) is 16.6 Å². The molecule has 1 unspecified atom stereocenters. The van der Waals surface area contributed by atoms with Crippen LogP contribution in [0.3, 0.4) is 0 Å². The number of esters is 1. The Labute approximate surface area is 116 Å². The third-order valence-electron chi connectivity index (χ3n) is 2.58. The summed E-state index contributed by atoms with van der Waals surface area (Å²) < 4.78 is 4.98. The average molecular weight is 313 g/mol. The summed E-state index contributed by atoms with van der Waals surface area (Å²) in [5.74, 6) is -0.338. The molecule has 1 atom stereocenters. The second-order valence-corrected chi connectivity index (χ2v) is 4.93. The van der Waals surface area contributed by atoms with Crippen LogP contribution in [0.5, 0.6) is 0 Å². The van der Waals surface area contributed by atoms with Gasteiger partial charge in [0.1, 0.15) is 5.78 Å². The molecule has 0 radical (unpaired) electrons. The van der Waals surface area contributed by atoms with E-state index in [2.05, 4.69) is 15.9 Å². The number of carbonyl (C=O) groups excluding carboxylic acids is 2. The minimum Gasteiger partial charge on any atom is -0.462 e. The van der Waals surface area contributed by atoms with Crippen LogP contribution in [0, 0.1) is 0 Å². The summed E-state index contributed by atoms with van der Waals surface area (Å²) in [7, 11) is 0. The number of rotatable bonds is 5. The van der Waals surface area contributed by atoms with Crippen molar-refractivity contribution in [3.05, 3.63) is 34.9 Å². The van der Waals surface area contributed by atoms with Gasteiger partial charge in [0.05, 0.1) is 17.0 Å². The molecule has 18 heavy (non-hydrogen) atoms. The zero-order valence-corrected chi connectivity index (χ0v) is 12.4. The van der Waals surface area contributed by atoms with E-state index in [1.807, 2.05) is 13.0 Å². The molecule has 0 aliphatic rings. The summed E-state index contributed by atoms with van der Waals surface area (Å²) in [6, 6.07) is 5.45. The molecule has 0 amide bonds. The second-order valence-electron chi connectivity index (χ2n) is 4.01. The molecule has 0 aromatic heterocycles. The minimum atomic E-state index is -0.378. The van der Waals surface area contributed by atoms with E-state index in [0.717, 1.165) is 17.5 Å². The number of carbonyl (C=O) groups is 2. The van der Waals surface area contributed by atoms with Crippen molar-refractivity contribution in [2.75, 3.05) is 6.61 Å². The van der Waals surface area contributed by atoms with E-state index >= 15 is 0 Å². The molecule has 0 saturated carbocycles. The Morgan fingerprint density at radius 3 is 2.44 bits per heavy atom. The molecular formula is C14H17BrO3. The Morgan fingerprint density at radius 2 is 1.94 bits per heavy atom. The Morgan fingerprint density at radius 1 is 1.28 bits per heavy atom. The van der Waals surface area contributed by atoms with Crippen molar-refractivity contribution in [2.24, 2.45) is 0 Å². The van der Waals surface area contributed by atoms with Gasteiger partial charge in [-0.05, 0) is 43.5 Å². The molecular weight excluding hydrogens is 296 g/mol. The fourth-order valence-corrected chi connectivity index (χ4v) is 1.90. The van der Waals surface area contributed by atoms with Gasteiger partial charge in [0.2, 0.25) is 0 Å². The molecule has 0 fully saturated rings. The third kappa shape index (κ3) is 3.67. The van der Waals surface area contributed by atoms with Gasteiger partial charge in [0.25, 0.3) is 0 Å². The van der Waals surface area contributed by atoms with Gasteiger partial charge in [-0.2, -0.15) is 0 Å². The molecule has 4 heteroatoms. The topological polar surface area (TPSA) is 43.4 Å². The smallest absolute Gasteiger partial charge is 0.338 e. The first-order chi connectivity index (χ1) is 8.49. The number of ketones is 1. The first-order valence-electron chi connectivity index (χ1n) is 5.95. The molecule has 0 bridgehead atoms. The van der Waals surface area contributed by atoms with Gasteiger partial charge in [-0.15, -0.1) is 0 Å². The van der Waals surface area contributed by atoms with Crippen molar-refractivity contribution in [1.29, 1.82) is 0 Å². The number of aryl methyl sites for hydroxylation is 1. The molecule has 0 heterocycles. The number of hydrogen-bond donors (Lipinski definition) is 0. The van der Waals surface area contributed by atoms with E-state index in [0.29, 0.717) is 12.2 Å². The van der Waals surface area contributed by atoms with Gasteiger partial charge in [-0.25, -0.2) is 4.79 Å². The summed E-state index contributed by atoms with van der Waals surface area (Å²) in [6.07, 6.45) is 0.803. The Hall–Kier alpha value is -1.16. The number of halogens is 1. The molecule has 0 saturated heterocycles. The van der Waals surface area contributed by atoms with E-state index < -0.39 is 0 Å². The largest absolute Gasteiger partial charge is 0.462 e. The van der Waals surface area contributed by atoms with Crippen LogP contribution in [0.25, 0.3) is 0 Å². The van der Waals surface area contributed by atoms with E-state index in [9.17, 15) is 9.59 Å². The lowest BCUT2D eigenvalue weighted by Crippen LogP contribution is -2.08. The quantitative estimate of drug-likeness (QED) is 0.618. The van der Waals surface area contributed by atoms with Crippen LogP contribution in [0.15, 0.2) is 18.2 Å². The highest BCUT2D eigenvalue weighted by Crippen LogP contribution is 2.26.